The van der Waals surface area contributed by atoms with E-state index < -0.39 is 13.9 Å². The van der Waals surface area contributed by atoms with Crippen LogP contribution >= 0.6 is 7.92 Å². The first kappa shape index (κ1) is 32.0. The first-order chi connectivity index (χ1) is 22.5. The van der Waals surface area contributed by atoms with E-state index in [2.05, 4.69) is 24.3 Å². The molecule has 5 rings (SSSR count). The third-order valence-corrected chi connectivity index (χ3v) is 9.63. The molecular formula is C39H33O6P. The summed E-state index contributed by atoms with van der Waals surface area (Å²) < 4.78 is 22.4. The maximum Gasteiger partial charge on any atom is 0.337 e. The predicted octanol–water partition coefficient (Wildman–Crippen LogP) is 7.16. The molecule has 0 aromatic heterocycles. The van der Waals surface area contributed by atoms with Crippen molar-refractivity contribution in [3.63, 3.8) is 0 Å². The number of esters is 2. The van der Waals surface area contributed by atoms with E-state index in [1.807, 2.05) is 97.1 Å². The average molecular weight is 629 g/mol. The van der Waals surface area contributed by atoms with Crippen LogP contribution in [0.4, 0.5) is 0 Å². The molecule has 0 bridgehead atoms. The zero-order chi connectivity index (χ0) is 32.3. The monoisotopic (exact) mass is 628 g/mol. The molecule has 5 aromatic carbocycles. The lowest BCUT2D eigenvalue weighted by atomic mass is 10.1. The summed E-state index contributed by atoms with van der Waals surface area (Å²) in [5.41, 5.74) is 2.56. The standard InChI is InChI=1S/C39H33O6P/c1-42-35-18-11-19-36(37(35)46(32-13-6-4-7-14-32)33-15-8-5-9-16-33)45-34(29-24-26-31(27-25-29)39(41)44-3)17-10-12-28-20-22-30(23-21-28)38(40)43-2/h4-27H,1-3H3/b12-10-,34-17+. The maximum atomic E-state index is 12.1. The zero-order valence-electron chi connectivity index (χ0n) is 25.8. The van der Waals surface area contributed by atoms with E-state index in [1.54, 1.807) is 31.4 Å². The number of hydrogen-bond acceptors (Lipinski definition) is 6. The predicted molar refractivity (Wildman–Crippen MR) is 185 cm³/mol. The van der Waals surface area contributed by atoms with Gasteiger partial charge in [-0.3, -0.25) is 0 Å². The topological polar surface area (TPSA) is 71.1 Å². The van der Waals surface area contributed by atoms with Gasteiger partial charge in [-0.2, -0.15) is 0 Å². The Morgan fingerprint density at radius 1 is 0.565 bits per heavy atom. The van der Waals surface area contributed by atoms with Crippen LogP contribution in [0, 0.1) is 0 Å². The minimum atomic E-state index is -1.06. The Morgan fingerprint density at radius 3 is 1.59 bits per heavy atom. The molecule has 230 valence electrons. The van der Waals surface area contributed by atoms with E-state index in [-0.39, 0.29) is 5.97 Å². The zero-order valence-corrected chi connectivity index (χ0v) is 26.6. The lowest BCUT2D eigenvalue weighted by molar-refractivity contribution is 0.0592. The van der Waals surface area contributed by atoms with Gasteiger partial charge in [-0.1, -0.05) is 103 Å². The van der Waals surface area contributed by atoms with E-state index in [0.29, 0.717) is 22.6 Å². The van der Waals surface area contributed by atoms with Crippen LogP contribution in [0.3, 0.4) is 0 Å². The minimum absolute atomic E-state index is 0.387. The maximum absolute atomic E-state index is 12.1. The van der Waals surface area contributed by atoms with Crippen molar-refractivity contribution in [3.05, 3.63) is 162 Å². The van der Waals surface area contributed by atoms with Gasteiger partial charge in [0.25, 0.3) is 0 Å². The molecule has 0 spiro atoms. The third-order valence-electron chi connectivity index (χ3n) is 7.11. The van der Waals surface area contributed by atoms with Crippen LogP contribution in [0.25, 0.3) is 11.8 Å². The number of hydrogen-bond donors (Lipinski definition) is 0. The number of benzene rings is 5. The van der Waals surface area contributed by atoms with Gasteiger partial charge in [-0.25, -0.2) is 9.59 Å². The number of carbonyl (C=O) groups is 2. The fourth-order valence-corrected chi connectivity index (χ4v) is 7.30. The van der Waals surface area contributed by atoms with Gasteiger partial charge in [0.1, 0.15) is 17.3 Å². The summed E-state index contributed by atoms with van der Waals surface area (Å²) in [6.45, 7) is 0. The molecular weight excluding hydrogens is 595 g/mol. The number of ether oxygens (including phenoxy) is 4. The Kier molecular flexibility index (Phi) is 10.8. The van der Waals surface area contributed by atoms with Gasteiger partial charge in [0.2, 0.25) is 0 Å². The summed E-state index contributed by atoms with van der Waals surface area (Å²) in [5, 5.41) is 3.25. The highest BCUT2D eigenvalue weighted by Crippen LogP contribution is 2.41. The summed E-state index contributed by atoms with van der Waals surface area (Å²) in [6.07, 6.45) is 5.67. The molecule has 0 aliphatic heterocycles. The number of allylic oxidation sites excluding steroid dienone is 2. The molecule has 6 nitrogen and oxygen atoms in total. The van der Waals surface area contributed by atoms with Gasteiger partial charge in [0.05, 0.1) is 37.8 Å². The molecule has 0 aliphatic carbocycles. The van der Waals surface area contributed by atoms with Gasteiger partial charge in [0.15, 0.2) is 0 Å². The van der Waals surface area contributed by atoms with Gasteiger partial charge in [0, 0.05) is 5.56 Å². The molecule has 0 amide bonds. The molecule has 0 saturated heterocycles. The first-order valence-corrected chi connectivity index (χ1v) is 15.9. The third kappa shape index (κ3) is 7.60. The Balaban J connectivity index is 1.59. The van der Waals surface area contributed by atoms with Crippen molar-refractivity contribution in [1.29, 1.82) is 0 Å². The van der Waals surface area contributed by atoms with Crippen LogP contribution in [0.5, 0.6) is 11.5 Å². The highest BCUT2D eigenvalue weighted by molar-refractivity contribution is 7.80. The number of methoxy groups -OCH3 is 3. The van der Waals surface area contributed by atoms with Gasteiger partial charge >= 0.3 is 11.9 Å². The van der Waals surface area contributed by atoms with Crippen LogP contribution in [0.15, 0.2) is 140 Å². The Hall–Kier alpha value is -5.45. The SMILES string of the molecule is COC(=O)c1ccc(/C=C\C=C(\Oc2cccc(OC)c2P(c2ccccc2)c2ccccc2)c2ccc(C(=O)OC)cc2)cc1. The van der Waals surface area contributed by atoms with E-state index >= 15 is 0 Å². The second-order valence-electron chi connectivity index (χ2n) is 9.99. The molecule has 0 saturated carbocycles. The number of carbonyl (C=O) groups excluding carboxylic acids is 2. The molecule has 46 heavy (non-hydrogen) atoms. The van der Waals surface area contributed by atoms with Gasteiger partial charge in [-0.05, 0) is 66.6 Å². The summed E-state index contributed by atoms with van der Waals surface area (Å²) in [4.78, 5) is 24.0. The first-order valence-electron chi connectivity index (χ1n) is 14.5. The Morgan fingerprint density at radius 2 is 1.07 bits per heavy atom. The van der Waals surface area contributed by atoms with Gasteiger partial charge < -0.3 is 18.9 Å². The molecule has 0 unspecified atom stereocenters. The second kappa shape index (κ2) is 15.5. The fraction of sp³-hybridized carbons (Fsp3) is 0.0769. The van der Waals surface area contributed by atoms with Crippen molar-refractivity contribution in [3.8, 4) is 11.5 Å². The summed E-state index contributed by atoms with van der Waals surface area (Å²) >= 11 is 0. The largest absolute Gasteiger partial charge is 0.496 e. The van der Waals surface area contributed by atoms with Crippen molar-refractivity contribution >= 4 is 47.6 Å². The fourth-order valence-electron chi connectivity index (χ4n) is 4.82. The molecule has 0 atom stereocenters. The van der Waals surface area contributed by atoms with Crippen molar-refractivity contribution in [2.45, 2.75) is 0 Å². The Bertz CT molecular complexity index is 1790. The minimum Gasteiger partial charge on any atom is -0.496 e. The smallest absolute Gasteiger partial charge is 0.337 e. The van der Waals surface area contributed by atoms with Crippen LogP contribution in [0.2, 0.25) is 0 Å². The van der Waals surface area contributed by atoms with E-state index in [1.165, 1.54) is 14.2 Å². The summed E-state index contributed by atoms with van der Waals surface area (Å²) in [5.74, 6) is 1.13. The van der Waals surface area contributed by atoms with Crippen molar-refractivity contribution in [2.24, 2.45) is 0 Å². The van der Waals surface area contributed by atoms with Crippen LogP contribution < -0.4 is 25.4 Å². The van der Waals surface area contributed by atoms with Crippen LogP contribution in [-0.2, 0) is 9.47 Å². The molecule has 0 N–H and O–H groups in total. The number of rotatable bonds is 11. The molecule has 0 aliphatic rings. The van der Waals surface area contributed by atoms with E-state index in [9.17, 15) is 9.59 Å². The van der Waals surface area contributed by atoms with Crippen LogP contribution in [-0.4, -0.2) is 33.3 Å². The molecule has 5 aromatic rings. The van der Waals surface area contributed by atoms with E-state index in [0.717, 1.165) is 32.8 Å². The molecule has 7 heteroatoms. The molecule has 0 heterocycles. The van der Waals surface area contributed by atoms with Gasteiger partial charge in [-0.15, -0.1) is 0 Å². The quantitative estimate of drug-likeness (QED) is 0.0669. The highest BCUT2D eigenvalue weighted by Gasteiger charge is 2.25. The van der Waals surface area contributed by atoms with E-state index in [4.69, 9.17) is 18.9 Å². The van der Waals surface area contributed by atoms with Crippen molar-refractivity contribution in [2.75, 3.05) is 21.3 Å². The normalized spacial score (nSPS) is 11.3. The lowest BCUT2D eigenvalue weighted by Gasteiger charge is -2.24. The molecule has 0 fully saturated rings. The average Bonchev–Trinajstić information content (AvgIpc) is 3.12. The Labute approximate surface area is 270 Å². The highest BCUT2D eigenvalue weighted by atomic mass is 31.1. The lowest BCUT2D eigenvalue weighted by Crippen LogP contribution is -2.23. The summed E-state index contributed by atoms with van der Waals surface area (Å²) in [7, 11) is 3.32. The second-order valence-corrected chi connectivity index (χ2v) is 12.1. The van der Waals surface area contributed by atoms with Crippen molar-refractivity contribution < 1.29 is 28.5 Å². The molecule has 0 radical (unpaired) electrons. The summed E-state index contributed by atoms with van der Waals surface area (Å²) in [6, 6.07) is 40.7. The van der Waals surface area contributed by atoms with Crippen LogP contribution in [0.1, 0.15) is 31.8 Å². The van der Waals surface area contributed by atoms with Crippen molar-refractivity contribution in [1.82, 2.24) is 0 Å².